The Balaban J connectivity index is 1.43. The van der Waals surface area contributed by atoms with E-state index in [0.717, 1.165) is 17.7 Å². The summed E-state index contributed by atoms with van der Waals surface area (Å²) in [7, 11) is 0. The molecule has 0 aliphatic carbocycles. The first-order valence-electron chi connectivity index (χ1n) is 12.1. The van der Waals surface area contributed by atoms with Crippen molar-refractivity contribution in [2.24, 2.45) is 0 Å². The van der Waals surface area contributed by atoms with Crippen LogP contribution in [0.5, 0.6) is 0 Å². The van der Waals surface area contributed by atoms with Crippen LogP contribution in [0.4, 0.5) is 19.0 Å². The van der Waals surface area contributed by atoms with Crippen molar-refractivity contribution in [3.05, 3.63) is 102 Å². The molecule has 0 fully saturated rings. The van der Waals surface area contributed by atoms with Crippen LogP contribution in [0.2, 0.25) is 0 Å². The number of aromatic nitrogens is 3. The Labute approximate surface area is 222 Å². The van der Waals surface area contributed by atoms with Crippen LogP contribution in [0, 0.1) is 0 Å². The lowest BCUT2D eigenvalue weighted by molar-refractivity contribution is -0.138. The highest BCUT2D eigenvalue weighted by molar-refractivity contribution is 5.95. The van der Waals surface area contributed by atoms with Gasteiger partial charge in [0.05, 0.1) is 11.8 Å². The number of rotatable bonds is 10. The third kappa shape index (κ3) is 7.29. The maximum atomic E-state index is 13.3. The maximum absolute atomic E-state index is 13.3. The van der Waals surface area contributed by atoms with E-state index in [4.69, 9.17) is 5.11 Å². The zero-order chi connectivity index (χ0) is 28.0. The van der Waals surface area contributed by atoms with E-state index in [1.54, 1.807) is 24.5 Å². The number of nitrogens with zero attached hydrogens (tertiary/aromatic N) is 3. The molecular weight excluding hydrogens is 511 g/mol. The van der Waals surface area contributed by atoms with Gasteiger partial charge in [-0.15, -0.1) is 0 Å². The number of alkyl halides is 3. The summed E-state index contributed by atoms with van der Waals surface area (Å²) in [5.41, 5.74) is 2.11. The van der Waals surface area contributed by atoms with E-state index in [0.29, 0.717) is 29.1 Å². The molecule has 4 aromatic rings. The van der Waals surface area contributed by atoms with Crippen molar-refractivity contribution in [3.63, 3.8) is 0 Å². The van der Waals surface area contributed by atoms with Gasteiger partial charge in [0, 0.05) is 30.1 Å². The lowest BCUT2D eigenvalue weighted by atomic mass is 9.98. The average Bonchev–Trinajstić information content (AvgIpc) is 3.37. The number of carboxylic acids is 1. The summed E-state index contributed by atoms with van der Waals surface area (Å²) in [6.45, 7) is 1.95. The number of benzene rings is 2. The molecule has 0 bridgehead atoms. The van der Waals surface area contributed by atoms with Gasteiger partial charge < -0.3 is 15.7 Å². The molecule has 2 atom stereocenters. The Bertz CT molecular complexity index is 1410. The van der Waals surface area contributed by atoms with Gasteiger partial charge in [0.15, 0.2) is 0 Å². The molecule has 0 spiro atoms. The van der Waals surface area contributed by atoms with Gasteiger partial charge in [-0.05, 0) is 41.3 Å². The highest BCUT2D eigenvalue weighted by Crippen LogP contribution is 2.30. The maximum Gasteiger partial charge on any atom is 0.416 e. The summed E-state index contributed by atoms with van der Waals surface area (Å²) in [5.74, 6) is -1.20. The molecule has 1 amide bonds. The molecule has 0 aliphatic heterocycles. The summed E-state index contributed by atoms with van der Waals surface area (Å²) < 4.78 is 40.0. The number of aliphatic carboxylic acids is 1. The van der Waals surface area contributed by atoms with Crippen molar-refractivity contribution in [2.75, 3.05) is 11.9 Å². The van der Waals surface area contributed by atoms with Gasteiger partial charge in [0.2, 0.25) is 5.91 Å². The van der Waals surface area contributed by atoms with Crippen LogP contribution in [0.25, 0.3) is 11.1 Å². The predicted octanol–water partition coefficient (Wildman–Crippen LogP) is 5.12. The summed E-state index contributed by atoms with van der Waals surface area (Å²) in [5, 5.41) is 18.9. The molecular formula is C28H26F3N5O3. The smallest absolute Gasteiger partial charge is 0.416 e. The number of carbonyl (C=O) groups is 2. The van der Waals surface area contributed by atoms with Crippen LogP contribution in [0.1, 0.15) is 35.6 Å². The lowest BCUT2D eigenvalue weighted by Crippen LogP contribution is -2.35. The van der Waals surface area contributed by atoms with Crippen molar-refractivity contribution >= 4 is 17.7 Å². The van der Waals surface area contributed by atoms with Gasteiger partial charge in [0.25, 0.3) is 0 Å². The average molecular weight is 538 g/mol. The largest absolute Gasteiger partial charge is 0.480 e. The van der Waals surface area contributed by atoms with Crippen molar-refractivity contribution in [1.29, 1.82) is 0 Å². The molecule has 39 heavy (non-hydrogen) atoms. The number of anilines is 1. The molecule has 4 rings (SSSR count). The van der Waals surface area contributed by atoms with E-state index in [1.807, 2.05) is 37.3 Å². The second kappa shape index (κ2) is 11.9. The fourth-order valence-electron chi connectivity index (χ4n) is 4.00. The van der Waals surface area contributed by atoms with Crippen molar-refractivity contribution in [2.45, 2.75) is 31.6 Å². The minimum atomic E-state index is -4.40. The fourth-order valence-corrected chi connectivity index (χ4v) is 4.00. The lowest BCUT2D eigenvalue weighted by Gasteiger charge is -2.21. The van der Waals surface area contributed by atoms with Gasteiger partial charge in [0.1, 0.15) is 18.4 Å². The first-order chi connectivity index (χ1) is 18.6. The number of carbonyl (C=O) groups excluding carboxylic acids is 1. The highest BCUT2D eigenvalue weighted by Gasteiger charge is 2.30. The zero-order valence-corrected chi connectivity index (χ0v) is 20.9. The topological polar surface area (TPSA) is 109 Å². The number of carboxylic acid groups (broad SMARTS) is 1. The molecule has 202 valence electrons. The predicted molar refractivity (Wildman–Crippen MR) is 139 cm³/mol. The normalized spacial score (nSPS) is 13.0. The van der Waals surface area contributed by atoms with E-state index < -0.39 is 23.8 Å². The number of hydrogen-bond acceptors (Lipinski definition) is 5. The highest BCUT2D eigenvalue weighted by atomic mass is 19.4. The van der Waals surface area contributed by atoms with Crippen molar-refractivity contribution in [1.82, 2.24) is 20.1 Å². The summed E-state index contributed by atoms with van der Waals surface area (Å²) in [6, 6.07) is 16.7. The standard InChI is InChI=1S/C28H26F3N5O3/c1-18(19-7-10-23(11-8-19)28(29,30)31)13-33-26(20-5-3-2-4-6-20)27(39)35-24-12-9-21(14-32-24)22-15-34-36(16-22)17-25(37)38/h2-12,14-16,18,26,33H,13,17H2,1H3,(H,37,38)(H,32,35,39)/t18-,26-/m1/s1. The summed E-state index contributed by atoms with van der Waals surface area (Å²) >= 11 is 0. The Hall–Kier alpha value is -4.51. The second-order valence-corrected chi connectivity index (χ2v) is 9.01. The molecule has 0 saturated carbocycles. The molecule has 0 radical (unpaired) electrons. The van der Waals surface area contributed by atoms with Crippen LogP contribution in [0.15, 0.2) is 85.3 Å². The minimum absolute atomic E-state index is 0.161. The number of hydrogen-bond donors (Lipinski definition) is 3. The van der Waals surface area contributed by atoms with Gasteiger partial charge >= 0.3 is 12.1 Å². The van der Waals surface area contributed by atoms with Crippen molar-refractivity contribution < 1.29 is 27.9 Å². The summed E-state index contributed by atoms with van der Waals surface area (Å²) in [4.78, 5) is 28.4. The monoisotopic (exact) mass is 537 g/mol. The van der Waals surface area contributed by atoms with Crippen molar-refractivity contribution in [3.8, 4) is 11.1 Å². The Kier molecular flexibility index (Phi) is 8.40. The van der Waals surface area contributed by atoms with Gasteiger partial charge in [-0.25, -0.2) is 4.98 Å². The zero-order valence-electron chi connectivity index (χ0n) is 20.9. The molecule has 3 N–H and O–H groups in total. The van der Waals surface area contributed by atoms with Gasteiger partial charge in [-0.1, -0.05) is 49.4 Å². The molecule has 2 aromatic heterocycles. The number of halogens is 3. The van der Waals surface area contributed by atoms with E-state index >= 15 is 0 Å². The number of amides is 1. The first kappa shape index (κ1) is 27.5. The Morgan fingerprint density at radius 1 is 0.949 bits per heavy atom. The molecule has 2 aromatic carbocycles. The van der Waals surface area contributed by atoms with E-state index in [-0.39, 0.29) is 18.4 Å². The van der Waals surface area contributed by atoms with Crippen LogP contribution in [0.3, 0.4) is 0 Å². The van der Waals surface area contributed by atoms with Gasteiger partial charge in [-0.3, -0.25) is 14.3 Å². The van der Waals surface area contributed by atoms with E-state index in [2.05, 4.69) is 20.7 Å². The van der Waals surface area contributed by atoms with Crippen LogP contribution in [-0.4, -0.2) is 38.3 Å². The fraction of sp³-hybridized carbons (Fsp3) is 0.214. The molecule has 11 heteroatoms. The van der Waals surface area contributed by atoms with Crippen LogP contribution >= 0.6 is 0 Å². The molecule has 0 aliphatic rings. The molecule has 0 unspecified atom stereocenters. The summed E-state index contributed by atoms with van der Waals surface area (Å²) in [6.07, 6.45) is 0.280. The van der Waals surface area contributed by atoms with E-state index in [9.17, 15) is 22.8 Å². The van der Waals surface area contributed by atoms with Crippen LogP contribution in [-0.2, 0) is 22.3 Å². The third-order valence-corrected chi connectivity index (χ3v) is 6.11. The first-order valence-corrected chi connectivity index (χ1v) is 12.1. The molecule has 0 saturated heterocycles. The number of pyridine rings is 1. The SMILES string of the molecule is C[C@H](CN[C@@H](C(=O)Nc1ccc(-c2cnn(CC(=O)O)c2)cn1)c1ccccc1)c1ccc(C(F)(F)F)cc1. The van der Waals surface area contributed by atoms with Gasteiger partial charge in [-0.2, -0.15) is 18.3 Å². The molecule has 2 heterocycles. The Morgan fingerprint density at radius 2 is 1.67 bits per heavy atom. The van der Waals surface area contributed by atoms with Crippen LogP contribution < -0.4 is 10.6 Å². The quantitative estimate of drug-likeness (QED) is 0.259. The third-order valence-electron chi connectivity index (χ3n) is 6.11. The second-order valence-electron chi connectivity index (χ2n) is 9.01. The Morgan fingerprint density at radius 3 is 2.28 bits per heavy atom. The molecule has 8 nitrogen and oxygen atoms in total. The number of nitrogens with one attached hydrogen (secondary N) is 2. The minimum Gasteiger partial charge on any atom is -0.480 e. The van der Waals surface area contributed by atoms with E-state index in [1.165, 1.54) is 23.0 Å².